The molecule has 2 saturated heterocycles. The van der Waals surface area contributed by atoms with Gasteiger partial charge in [-0.25, -0.2) is 0 Å². The Kier molecular flexibility index (Phi) is 5.11. The molecule has 2 heterocycles. The predicted octanol–water partition coefficient (Wildman–Crippen LogP) is 1.72. The molecule has 0 aliphatic carbocycles. The first-order valence-electron chi connectivity index (χ1n) is 8.47. The Morgan fingerprint density at radius 1 is 1.32 bits per heavy atom. The second kappa shape index (κ2) is 7.25. The van der Waals surface area contributed by atoms with Crippen LogP contribution in [0.2, 0.25) is 0 Å². The lowest BCUT2D eigenvalue weighted by molar-refractivity contribution is -0.136. The monoisotopic (exact) mass is 301 g/mol. The van der Waals surface area contributed by atoms with Gasteiger partial charge < -0.3 is 10.2 Å². The highest BCUT2D eigenvalue weighted by molar-refractivity contribution is 5.79. The molecule has 1 aromatic carbocycles. The maximum atomic E-state index is 12.6. The highest BCUT2D eigenvalue weighted by atomic mass is 16.2. The van der Waals surface area contributed by atoms with Crippen molar-refractivity contribution in [3.05, 3.63) is 35.9 Å². The van der Waals surface area contributed by atoms with Crippen LogP contribution in [0.4, 0.5) is 0 Å². The summed E-state index contributed by atoms with van der Waals surface area (Å²) in [6.07, 6.45) is 3.25. The number of hydrogen-bond donors (Lipinski definition) is 1. The molecule has 0 bridgehead atoms. The summed E-state index contributed by atoms with van der Waals surface area (Å²) < 4.78 is 0. The first kappa shape index (κ1) is 15.5. The van der Waals surface area contributed by atoms with Crippen molar-refractivity contribution in [2.75, 3.05) is 33.2 Å². The normalized spacial score (nSPS) is 26.0. The van der Waals surface area contributed by atoms with E-state index in [2.05, 4.69) is 40.5 Å². The van der Waals surface area contributed by atoms with E-state index in [4.69, 9.17) is 0 Å². The van der Waals surface area contributed by atoms with Crippen molar-refractivity contribution in [3.8, 4) is 0 Å². The van der Waals surface area contributed by atoms with Gasteiger partial charge in [-0.15, -0.1) is 0 Å². The van der Waals surface area contributed by atoms with Crippen LogP contribution in [0, 0.1) is 5.92 Å². The molecule has 2 aliphatic rings. The third-order valence-electron chi connectivity index (χ3n) is 5.04. The van der Waals surface area contributed by atoms with E-state index in [1.807, 2.05) is 11.9 Å². The number of amides is 1. The molecule has 1 aromatic rings. The lowest BCUT2D eigenvalue weighted by atomic mass is 9.97. The van der Waals surface area contributed by atoms with Gasteiger partial charge in [0.2, 0.25) is 5.91 Å². The van der Waals surface area contributed by atoms with Gasteiger partial charge in [-0.05, 0) is 31.4 Å². The van der Waals surface area contributed by atoms with Gasteiger partial charge in [-0.2, -0.15) is 0 Å². The summed E-state index contributed by atoms with van der Waals surface area (Å²) in [7, 11) is 1.99. The molecule has 3 rings (SSSR count). The van der Waals surface area contributed by atoms with Gasteiger partial charge in [0, 0.05) is 39.3 Å². The molecule has 1 N–H and O–H groups in total. The number of nitrogens with zero attached hydrogens (tertiary/aromatic N) is 2. The summed E-state index contributed by atoms with van der Waals surface area (Å²) in [4.78, 5) is 17.1. The number of likely N-dealkylation sites (tertiary alicyclic amines) is 1. The van der Waals surface area contributed by atoms with Crippen LogP contribution in [0.1, 0.15) is 24.8 Å². The molecule has 0 spiro atoms. The van der Waals surface area contributed by atoms with Crippen molar-refractivity contribution in [1.29, 1.82) is 0 Å². The molecule has 1 amide bonds. The first-order chi connectivity index (χ1) is 10.7. The molecular formula is C18H27N3O. The number of benzene rings is 1. The summed E-state index contributed by atoms with van der Waals surface area (Å²) in [6, 6.07) is 11.0. The summed E-state index contributed by atoms with van der Waals surface area (Å²) in [5, 5.41) is 3.34. The van der Waals surface area contributed by atoms with Gasteiger partial charge in [0.15, 0.2) is 0 Å². The van der Waals surface area contributed by atoms with Gasteiger partial charge in [-0.3, -0.25) is 9.69 Å². The van der Waals surface area contributed by atoms with Crippen molar-refractivity contribution >= 4 is 5.91 Å². The Balaban J connectivity index is 1.52. The highest BCUT2D eigenvalue weighted by Gasteiger charge is 2.32. The number of carbonyl (C=O) groups is 1. The fraction of sp³-hybridized carbons (Fsp3) is 0.611. The maximum Gasteiger partial charge on any atom is 0.227 e. The second-order valence-electron chi connectivity index (χ2n) is 6.66. The van der Waals surface area contributed by atoms with Crippen LogP contribution < -0.4 is 5.32 Å². The van der Waals surface area contributed by atoms with Gasteiger partial charge in [0.05, 0.1) is 5.92 Å². The summed E-state index contributed by atoms with van der Waals surface area (Å²) >= 11 is 0. The van der Waals surface area contributed by atoms with Crippen LogP contribution in [0.5, 0.6) is 0 Å². The molecule has 4 heteroatoms. The van der Waals surface area contributed by atoms with E-state index in [1.54, 1.807) is 0 Å². The fourth-order valence-electron chi connectivity index (χ4n) is 3.64. The molecule has 2 atom stereocenters. The molecule has 2 fully saturated rings. The van der Waals surface area contributed by atoms with Crippen molar-refractivity contribution < 1.29 is 4.79 Å². The van der Waals surface area contributed by atoms with E-state index >= 15 is 0 Å². The van der Waals surface area contributed by atoms with E-state index < -0.39 is 0 Å². The first-order valence-corrected chi connectivity index (χ1v) is 8.47. The van der Waals surface area contributed by atoms with Gasteiger partial charge in [0.1, 0.15) is 0 Å². The summed E-state index contributed by atoms with van der Waals surface area (Å²) in [5.74, 6) is 0.515. The maximum absolute atomic E-state index is 12.6. The second-order valence-corrected chi connectivity index (χ2v) is 6.66. The number of likely N-dealkylation sites (N-methyl/N-ethyl adjacent to an activating group) is 1. The molecule has 120 valence electrons. The third kappa shape index (κ3) is 3.68. The average molecular weight is 301 g/mol. The van der Waals surface area contributed by atoms with E-state index in [0.29, 0.717) is 11.9 Å². The minimum absolute atomic E-state index is 0.182. The lowest BCUT2D eigenvalue weighted by Crippen LogP contribution is -2.46. The zero-order chi connectivity index (χ0) is 15.4. The quantitative estimate of drug-likeness (QED) is 0.920. The Bertz CT molecular complexity index is 484. The van der Waals surface area contributed by atoms with Crippen molar-refractivity contribution in [2.24, 2.45) is 5.92 Å². The van der Waals surface area contributed by atoms with Crippen LogP contribution in [0.3, 0.4) is 0 Å². The fourth-order valence-corrected chi connectivity index (χ4v) is 3.64. The molecule has 22 heavy (non-hydrogen) atoms. The van der Waals surface area contributed by atoms with E-state index in [0.717, 1.165) is 52.0 Å². The number of rotatable bonds is 4. The number of carbonyl (C=O) groups excluding carboxylic acids is 1. The van der Waals surface area contributed by atoms with Gasteiger partial charge >= 0.3 is 0 Å². The summed E-state index contributed by atoms with van der Waals surface area (Å²) in [6.45, 7) is 4.98. The molecule has 1 unspecified atom stereocenters. The van der Waals surface area contributed by atoms with Crippen LogP contribution >= 0.6 is 0 Å². The highest BCUT2D eigenvalue weighted by Crippen LogP contribution is 2.20. The van der Waals surface area contributed by atoms with Crippen LogP contribution in [0.25, 0.3) is 0 Å². The smallest absolute Gasteiger partial charge is 0.227 e. The van der Waals surface area contributed by atoms with Crippen LogP contribution in [0.15, 0.2) is 30.3 Å². The van der Waals surface area contributed by atoms with E-state index in [1.165, 1.54) is 5.56 Å². The number of nitrogens with one attached hydrogen (secondary N) is 1. The predicted molar refractivity (Wildman–Crippen MR) is 88.5 cm³/mol. The summed E-state index contributed by atoms with van der Waals surface area (Å²) in [5.41, 5.74) is 1.36. The van der Waals surface area contributed by atoms with Crippen molar-refractivity contribution in [1.82, 2.24) is 15.1 Å². The molecule has 4 nitrogen and oxygen atoms in total. The average Bonchev–Trinajstić information content (AvgIpc) is 3.04. The SMILES string of the molecule is CN(C(=O)[C@@H]1CCCNC1)C1CCN(Cc2ccccc2)C1. The number of piperidine rings is 1. The zero-order valence-corrected chi connectivity index (χ0v) is 13.5. The lowest BCUT2D eigenvalue weighted by Gasteiger charge is -2.31. The van der Waals surface area contributed by atoms with Crippen LogP contribution in [-0.4, -0.2) is 55.0 Å². The Morgan fingerprint density at radius 2 is 2.14 bits per heavy atom. The van der Waals surface area contributed by atoms with Crippen molar-refractivity contribution in [2.45, 2.75) is 31.8 Å². The minimum atomic E-state index is 0.182. The van der Waals surface area contributed by atoms with Gasteiger partial charge in [0.25, 0.3) is 0 Å². The van der Waals surface area contributed by atoms with Gasteiger partial charge in [-0.1, -0.05) is 30.3 Å². The number of hydrogen-bond acceptors (Lipinski definition) is 3. The Labute approximate surface area is 133 Å². The standard InChI is InChI=1S/C18H27N3O/c1-20(18(22)16-8-5-10-19-12-16)17-9-11-21(14-17)13-15-6-3-2-4-7-15/h2-4,6-7,16-17,19H,5,8-14H2,1H3/t16-,17?/m1/s1. The Hall–Kier alpha value is -1.39. The van der Waals surface area contributed by atoms with E-state index in [9.17, 15) is 4.79 Å². The molecule has 2 aliphatic heterocycles. The molecule has 0 radical (unpaired) electrons. The minimum Gasteiger partial charge on any atom is -0.341 e. The van der Waals surface area contributed by atoms with Crippen molar-refractivity contribution in [3.63, 3.8) is 0 Å². The largest absolute Gasteiger partial charge is 0.341 e. The van der Waals surface area contributed by atoms with E-state index in [-0.39, 0.29) is 5.92 Å². The molecule has 0 aromatic heterocycles. The molecular weight excluding hydrogens is 274 g/mol. The zero-order valence-electron chi connectivity index (χ0n) is 13.5. The van der Waals surface area contributed by atoms with Crippen LogP contribution in [-0.2, 0) is 11.3 Å². The third-order valence-corrected chi connectivity index (χ3v) is 5.04. The molecule has 0 saturated carbocycles. The topological polar surface area (TPSA) is 35.6 Å². The Morgan fingerprint density at radius 3 is 2.86 bits per heavy atom.